The molecule has 1 fully saturated rings. The smallest absolute Gasteiger partial charge is 0.224 e. The molecule has 0 unspecified atom stereocenters. The van der Waals surface area contributed by atoms with Gasteiger partial charge in [-0.3, -0.25) is 4.79 Å². The first-order valence-electron chi connectivity index (χ1n) is 9.30. The summed E-state index contributed by atoms with van der Waals surface area (Å²) in [5, 5.41) is 3.09. The van der Waals surface area contributed by atoms with Crippen LogP contribution in [0.5, 0.6) is 0 Å². The Hall–Kier alpha value is -1.40. The first kappa shape index (κ1) is 18.4. The summed E-state index contributed by atoms with van der Waals surface area (Å²) < 4.78 is 25.6. The van der Waals surface area contributed by atoms with Gasteiger partial charge in [0.2, 0.25) is 15.9 Å². The number of aryl methyl sites for hydroxylation is 2. The highest BCUT2D eigenvalue weighted by Gasteiger charge is 2.32. The number of hydrogen-bond acceptors (Lipinski definition) is 3. The van der Waals surface area contributed by atoms with E-state index < -0.39 is 10.0 Å². The maximum atomic E-state index is 12.6. The molecule has 0 saturated carbocycles. The van der Waals surface area contributed by atoms with Crippen LogP contribution in [0.2, 0.25) is 0 Å². The Morgan fingerprint density at radius 1 is 1.28 bits per heavy atom. The van der Waals surface area contributed by atoms with E-state index in [0.29, 0.717) is 13.1 Å². The fourth-order valence-electron chi connectivity index (χ4n) is 3.87. The molecule has 3 rings (SSSR count). The van der Waals surface area contributed by atoms with E-state index in [4.69, 9.17) is 0 Å². The average molecular weight is 365 g/mol. The predicted octanol–water partition coefficient (Wildman–Crippen LogP) is 2.41. The molecule has 6 heteroatoms. The fraction of sp³-hybridized carbons (Fsp3) is 0.632. The third kappa shape index (κ3) is 4.06. The summed E-state index contributed by atoms with van der Waals surface area (Å²) in [7, 11) is -3.22. The number of hydrogen-bond donors (Lipinski definition) is 1. The van der Waals surface area contributed by atoms with Crippen LogP contribution in [-0.4, -0.2) is 37.5 Å². The highest BCUT2D eigenvalue weighted by Crippen LogP contribution is 2.26. The molecule has 1 amide bonds. The average Bonchev–Trinajstić information content (AvgIpc) is 3.09. The second-order valence-electron chi connectivity index (χ2n) is 7.21. The largest absolute Gasteiger partial charge is 0.349 e. The number of carbonyl (C=O) groups is 1. The van der Waals surface area contributed by atoms with Crippen LogP contribution in [0.4, 0.5) is 0 Å². The van der Waals surface area contributed by atoms with Gasteiger partial charge in [-0.2, -0.15) is 0 Å². The number of nitrogens with one attached hydrogen (secondary N) is 1. The van der Waals surface area contributed by atoms with Gasteiger partial charge in [0.1, 0.15) is 0 Å². The molecule has 0 aromatic heterocycles. The third-order valence-electron chi connectivity index (χ3n) is 5.49. The topological polar surface area (TPSA) is 66.5 Å². The molecule has 1 aliphatic heterocycles. The van der Waals surface area contributed by atoms with Gasteiger partial charge >= 0.3 is 0 Å². The summed E-state index contributed by atoms with van der Waals surface area (Å²) in [6.07, 6.45) is 4.98. The normalized spacial score (nSPS) is 22.4. The van der Waals surface area contributed by atoms with Crippen molar-refractivity contribution in [2.45, 2.75) is 52.0 Å². The summed E-state index contributed by atoms with van der Waals surface area (Å²) in [6, 6.07) is 6.43. The maximum absolute atomic E-state index is 12.6. The lowest BCUT2D eigenvalue weighted by atomic mass is 9.97. The number of amides is 1. The highest BCUT2D eigenvalue weighted by molar-refractivity contribution is 7.89. The highest BCUT2D eigenvalue weighted by atomic mass is 32.2. The van der Waals surface area contributed by atoms with Gasteiger partial charge in [0.25, 0.3) is 0 Å². The van der Waals surface area contributed by atoms with Gasteiger partial charge in [-0.1, -0.05) is 18.2 Å². The molecular formula is C19H28N2O3S. The Balaban J connectivity index is 1.63. The van der Waals surface area contributed by atoms with Gasteiger partial charge in [-0.25, -0.2) is 12.7 Å². The first-order chi connectivity index (χ1) is 11.9. The summed E-state index contributed by atoms with van der Waals surface area (Å²) in [5.41, 5.74) is 3.95. The summed E-state index contributed by atoms with van der Waals surface area (Å²) in [6.45, 7) is 4.48. The molecule has 1 heterocycles. The second kappa shape index (κ2) is 7.46. The number of benzene rings is 1. The van der Waals surface area contributed by atoms with Crippen LogP contribution in [0.1, 0.15) is 55.8 Å². The van der Waals surface area contributed by atoms with Crippen molar-refractivity contribution in [3.8, 4) is 0 Å². The lowest BCUT2D eigenvalue weighted by Crippen LogP contribution is -2.46. The van der Waals surface area contributed by atoms with Crippen LogP contribution in [0, 0.1) is 5.92 Å². The Kier molecular flexibility index (Phi) is 5.49. The molecule has 0 spiro atoms. The minimum Gasteiger partial charge on any atom is -0.349 e. The van der Waals surface area contributed by atoms with Crippen LogP contribution in [-0.2, 0) is 27.7 Å². The van der Waals surface area contributed by atoms with Gasteiger partial charge in [0.05, 0.1) is 17.7 Å². The van der Waals surface area contributed by atoms with Gasteiger partial charge in [-0.15, -0.1) is 0 Å². The van der Waals surface area contributed by atoms with E-state index in [2.05, 4.69) is 23.5 Å². The molecule has 25 heavy (non-hydrogen) atoms. The van der Waals surface area contributed by atoms with Crippen molar-refractivity contribution in [2.75, 3.05) is 18.8 Å². The number of sulfonamides is 1. The zero-order chi connectivity index (χ0) is 18.0. The minimum absolute atomic E-state index is 0.0380. The Morgan fingerprint density at radius 3 is 2.80 bits per heavy atom. The van der Waals surface area contributed by atoms with Crippen molar-refractivity contribution < 1.29 is 13.2 Å². The number of piperidine rings is 1. The van der Waals surface area contributed by atoms with E-state index in [0.717, 1.165) is 31.2 Å². The van der Waals surface area contributed by atoms with Gasteiger partial charge < -0.3 is 5.32 Å². The molecule has 1 aromatic carbocycles. The zero-order valence-electron chi connectivity index (χ0n) is 15.1. The summed E-state index contributed by atoms with van der Waals surface area (Å²) >= 11 is 0. The number of carbonyl (C=O) groups excluding carboxylic acids is 1. The number of fused-ring (bicyclic) bond motifs is 1. The molecular weight excluding hydrogens is 336 g/mol. The van der Waals surface area contributed by atoms with Crippen LogP contribution in [0.25, 0.3) is 0 Å². The van der Waals surface area contributed by atoms with Crippen molar-refractivity contribution in [3.63, 3.8) is 0 Å². The fourth-order valence-corrected chi connectivity index (χ4v) is 5.05. The van der Waals surface area contributed by atoms with Crippen LogP contribution in [0.15, 0.2) is 18.2 Å². The zero-order valence-corrected chi connectivity index (χ0v) is 15.9. The molecule has 1 saturated heterocycles. The first-order valence-corrected chi connectivity index (χ1v) is 10.9. The lowest BCUT2D eigenvalue weighted by Gasteiger charge is -2.31. The molecule has 1 aliphatic carbocycles. The van der Waals surface area contributed by atoms with E-state index >= 15 is 0 Å². The van der Waals surface area contributed by atoms with Crippen molar-refractivity contribution in [2.24, 2.45) is 5.92 Å². The molecule has 5 nitrogen and oxygen atoms in total. The monoisotopic (exact) mass is 364 g/mol. The maximum Gasteiger partial charge on any atom is 0.224 e. The summed E-state index contributed by atoms with van der Waals surface area (Å²) in [5.74, 6) is -0.205. The van der Waals surface area contributed by atoms with E-state index in [-0.39, 0.29) is 23.6 Å². The number of rotatable bonds is 5. The van der Waals surface area contributed by atoms with E-state index in [9.17, 15) is 13.2 Å². The SMILES string of the molecule is CCS(=O)(=O)N1CCC[C@H](C(=O)N[C@H](C)c2ccc3c(c2)CCC3)C1. The molecule has 138 valence electrons. The second-order valence-corrected chi connectivity index (χ2v) is 9.47. The van der Waals surface area contributed by atoms with Crippen molar-refractivity contribution in [3.05, 3.63) is 34.9 Å². The van der Waals surface area contributed by atoms with Crippen molar-refractivity contribution >= 4 is 15.9 Å². The number of nitrogens with zero attached hydrogens (tertiary/aromatic N) is 1. The molecule has 0 radical (unpaired) electrons. The van der Waals surface area contributed by atoms with Gasteiger partial charge in [0.15, 0.2) is 0 Å². The Morgan fingerprint density at radius 2 is 2.04 bits per heavy atom. The predicted molar refractivity (Wildman–Crippen MR) is 98.8 cm³/mol. The van der Waals surface area contributed by atoms with E-state index in [1.807, 2.05) is 6.92 Å². The van der Waals surface area contributed by atoms with E-state index in [1.165, 1.54) is 21.9 Å². The molecule has 2 atom stereocenters. The van der Waals surface area contributed by atoms with E-state index in [1.54, 1.807) is 6.92 Å². The van der Waals surface area contributed by atoms with Gasteiger partial charge in [0, 0.05) is 13.1 Å². The molecule has 2 aliphatic rings. The molecule has 0 bridgehead atoms. The summed E-state index contributed by atoms with van der Waals surface area (Å²) in [4.78, 5) is 12.6. The van der Waals surface area contributed by atoms with Crippen molar-refractivity contribution in [1.82, 2.24) is 9.62 Å². The quantitative estimate of drug-likeness (QED) is 0.872. The molecule has 1 N–H and O–H groups in total. The Bertz CT molecular complexity index is 745. The van der Waals surface area contributed by atoms with Gasteiger partial charge in [-0.05, 0) is 62.6 Å². The standard InChI is InChI=1S/C19H28N2O3S/c1-3-25(23,24)21-11-5-8-18(13-21)19(22)20-14(2)16-10-9-15-6-4-7-17(15)12-16/h9-10,12,14,18H,3-8,11,13H2,1-2H3,(H,20,22)/t14-,18+/m1/s1. The van der Waals surface area contributed by atoms with Crippen LogP contribution >= 0.6 is 0 Å². The Labute approximate surface area is 150 Å². The van der Waals surface area contributed by atoms with Crippen molar-refractivity contribution in [1.29, 1.82) is 0 Å². The van der Waals surface area contributed by atoms with Crippen LogP contribution in [0.3, 0.4) is 0 Å². The van der Waals surface area contributed by atoms with Crippen LogP contribution < -0.4 is 5.32 Å². The molecule has 1 aromatic rings. The third-order valence-corrected chi connectivity index (χ3v) is 7.34. The lowest BCUT2D eigenvalue weighted by molar-refractivity contribution is -0.126. The minimum atomic E-state index is -3.22.